The molecule has 0 atom stereocenters. The van der Waals surface area contributed by atoms with E-state index < -0.39 is 0 Å². The van der Waals surface area contributed by atoms with E-state index in [1.165, 1.54) is 0 Å². The molecule has 2 aromatic heterocycles. The van der Waals surface area contributed by atoms with Gasteiger partial charge in [-0.15, -0.1) is 0 Å². The first kappa shape index (κ1) is 24.2. The first-order valence-corrected chi connectivity index (χ1v) is 11.7. The quantitative estimate of drug-likeness (QED) is 0.435. The Kier molecular flexibility index (Phi) is 6.73. The van der Waals surface area contributed by atoms with Gasteiger partial charge in [0.25, 0.3) is 5.91 Å². The molecule has 0 unspecified atom stereocenters. The second kappa shape index (κ2) is 9.74. The molecule has 0 spiro atoms. The fourth-order valence-corrected chi connectivity index (χ4v) is 4.20. The van der Waals surface area contributed by atoms with Gasteiger partial charge in [-0.05, 0) is 31.5 Å². The van der Waals surface area contributed by atoms with Crippen LogP contribution in [0.5, 0.6) is 0 Å². The van der Waals surface area contributed by atoms with Gasteiger partial charge < -0.3 is 14.8 Å². The van der Waals surface area contributed by atoms with E-state index in [1.54, 1.807) is 22.7 Å². The molecule has 0 aliphatic rings. The number of carbonyl (C=O) groups is 2. The van der Waals surface area contributed by atoms with Crippen molar-refractivity contribution in [2.75, 3.05) is 12.4 Å². The van der Waals surface area contributed by atoms with Gasteiger partial charge in [-0.25, -0.2) is 4.98 Å². The number of hydrogen-bond acceptors (Lipinski definition) is 4. The molecule has 0 fully saturated rings. The lowest BCUT2D eigenvalue weighted by molar-refractivity contribution is -0.118. The zero-order chi connectivity index (χ0) is 25.3. The van der Waals surface area contributed by atoms with Crippen molar-refractivity contribution < 1.29 is 9.59 Å². The fraction of sp³-hybridized carbons (Fsp3) is 0.333. The number of anilines is 1. The van der Waals surface area contributed by atoms with Gasteiger partial charge in [-0.2, -0.15) is 5.10 Å². The highest BCUT2D eigenvalue weighted by Crippen LogP contribution is 2.28. The molecule has 35 heavy (non-hydrogen) atoms. The summed E-state index contributed by atoms with van der Waals surface area (Å²) in [5.41, 5.74) is 5.49. The Labute approximate surface area is 205 Å². The van der Waals surface area contributed by atoms with Crippen molar-refractivity contribution in [1.82, 2.24) is 24.2 Å². The van der Waals surface area contributed by atoms with E-state index >= 15 is 0 Å². The summed E-state index contributed by atoms with van der Waals surface area (Å²) in [6, 6.07) is 13.7. The van der Waals surface area contributed by atoms with Crippen molar-refractivity contribution >= 4 is 28.5 Å². The maximum Gasteiger partial charge on any atom is 0.256 e. The smallest absolute Gasteiger partial charge is 0.256 e. The Hall–Kier alpha value is -3.94. The van der Waals surface area contributed by atoms with Crippen LogP contribution < -0.4 is 5.32 Å². The molecular weight excluding hydrogens is 440 g/mol. The Balaban J connectivity index is 1.80. The monoisotopic (exact) mass is 472 g/mol. The summed E-state index contributed by atoms with van der Waals surface area (Å²) in [5, 5.41) is 7.33. The second-order valence-electron chi connectivity index (χ2n) is 9.34. The SMILES string of the molecule is Cc1nn(C)cc1CN(C)C(=O)c1cc(NC(=O)C(C)C)cc2nc(C)n(Cc3ccccc3)c12. The molecule has 0 saturated heterocycles. The van der Waals surface area contributed by atoms with Gasteiger partial charge in [-0.3, -0.25) is 14.3 Å². The number of aromatic nitrogens is 4. The topological polar surface area (TPSA) is 85.1 Å². The number of rotatable bonds is 7. The van der Waals surface area contributed by atoms with Crippen LogP contribution in [0.1, 0.15) is 46.9 Å². The van der Waals surface area contributed by atoms with Crippen molar-refractivity contribution in [3.8, 4) is 0 Å². The van der Waals surface area contributed by atoms with Gasteiger partial charge in [0, 0.05) is 50.6 Å². The van der Waals surface area contributed by atoms with Crippen LogP contribution in [0.25, 0.3) is 11.0 Å². The van der Waals surface area contributed by atoms with Crippen molar-refractivity contribution in [3.05, 3.63) is 76.9 Å². The molecule has 2 heterocycles. The highest BCUT2D eigenvalue weighted by atomic mass is 16.2. The van der Waals surface area contributed by atoms with Crippen LogP contribution >= 0.6 is 0 Å². The zero-order valence-corrected chi connectivity index (χ0v) is 21.2. The largest absolute Gasteiger partial charge is 0.337 e. The Morgan fingerprint density at radius 2 is 1.83 bits per heavy atom. The summed E-state index contributed by atoms with van der Waals surface area (Å²) in [6.45, 7) is 8.56. The number of hydrogen-bond donors (Lipinski definition) is 1. The minimum Gasteiger partial charge on any atom is -0.337 e. The number of benzene rings is 2. The molecule has 0 saturated carbocycles. The lowest BCUT2D eigenvalue weighted by Crippen LogP contribution is -2.27. The normalized spacial score (nSPS) is 11.3. The molecule has 1 N–H and O–H groups in total. The van der Waals surface area contributed by atoms with Crippen LogP contribution in [0.2, 0.25) is 0 Å². The van der Waals surface area contributed by atoms with E-state index in [9.17, 15) is 9.59 Å². The van der Waals surface area contributed by atoms with E-state index in [0.717, 1.165) is 28.2 Å². The summed E-state index contributed by atoms with van der Waals surface area (Å²) >= 11 is 0. The minimum absolute atomic E-state index is 0.109. The van der Waals surface area contributed by atoms with Gasteiger partial charge in [0.1, 0.15) is 5.82 Å². The predicted octanol–water partition coefficient (Wildman–Crippen LogP) is 4.30. The highest BCUT2D eigenvalue weighted by Gasteiger charge is 2.23. The lowest BCUT2D eigenvalue weighted by atomic mass is 10.1. The molecule has 8 heteroatoms. The first-order chi connectivity index (χ1) is 16.6. The fourth-order valence-electron chi connectivity index (χ4n) is 4.20. The van der Waals surface area contributed by atoms with Crippen LogP contribution in [0.15, 0.2) is 48.7 Å². The average molecular weight is 473 g/mol. The highest BCUT2D eigenvalue weighted by molar-refractivity contribution is 6.07. The molecule has 8 nitrogen and oxygen atoms in total. The number of imidazole rings is 1. The molecule has 0 radical (unpaired) electrons. The van der Waals surface area contributed by atoms with Gasteiger partial charge in [-0.1, -0.05) is 44.2 Å². The third kappa shape index (κ3) is 5.11. The maximum absolute atomic E-state index is 13.8. The molecule has 0 aliphatic heterocycles. The molecule has 0 bridgehead atoms. The Morgan fingerprint density at radius 3 is 2.46 bits per heavy atom. The minimum atomic E-state index is -0.182. The predicted molar refractivity (Wildman–Crippen MR) is 137 cm³/mol. The van der Waals surface area contributed by atoms with Crippen LogP contribution in [-0.4, -0.2) is 43.1 Å². The van der Waals surface area contributed by atoms with Gasteiger partial charge in [0.15, 0.2) is 0 Å². The summed E-state index contributed by atoms with van der Waals surface area (Å²) in [5.74, 6) is 0.366. The summed E-state index contributed by atoms with van der Waals surface area (Å²) in [6.07, 6.45) is 1.93. The molecule has 4 rings (SSSR count). The first-order valence-electron chi connectivity index (χ1n) is 11.7. The number of nitrogens with one attached hydrogen (secondary N) is 1. The number of carbonyl (C=O) groups excluding carboxylic acids is 2. The maximum atomic E-state index is 13.8. The van der Waals surface area contributed by atoms with Gasteiger partial charge in [0.05, 0.1) is 22.3 Å². The van der Waals surface area contributed by atoms with E-state index in [2.05, 4.69) is 27.1 Å². The molecule has 0 aliphatic carbocycles. The van der Waals surface area contributed by atoms with Crippen LogP contribution in [0.4, 0.5) is 5.69 Å². The van der Waals surface area contributed by atoms with Crippen LogP contribution in [0, 0.1) is 19.8 Å². The standard InChI is InChI=1S/C27H32N6O2/c1-17(2)26(34)29-22-12-23(27(35)31(5)15-21-16-32(6)30-18(21)3)25-24(13-22)28-19(4)33(25)14-20-10-8-7-9-11-20/h7-13,16-17H,14-15H2,1-6H3,(H,29,34). The third-order valence-corrected chi connectivity index (χ3v) is 6.11. The second-order valence-corrected chi connectivity index (χ2v) is 9.34. The average Bonchev–Trinajstić information content (AvgIpc) is 3.30. The lowest BCUT2D eigenvalue weighted by Gasteiger charge is -2.19. The number of fused-ring (bicyclic) bond motifs is 1. The van der Waals surface area contributed by atoms with E-state index in [4.69, 9.17) is 4.98 Å². The summed E-state index contributed by atoms with van der Waals surface area (Å²) < 4.78 is 3.82. The van der Waals surface area contributed by atoms with E-state index in [0.29, 0.717) is 29.9 Å². The van der Waals surface area contributed by atoms with Crippen molar-refractivity contribution in [2.24, 2.45) is 13.0 Å². The van der Waals surface area contributed by atoms with E-state index in [-0.39, 0.29) is 17.7 Å². The summed E-state index contributed by atoms with van der Waals surface area (Å²) in [7, 11) is 3.65. The molecular formula is C27H32N6O2. The molecule has 2 aromatic carbocycles. The van der Waals surface area contributed by atoms with Crippen LogP contribution in [0.3, 0.4) is 0 Å². The molecule has 2 amide bonds. The van der Waals surface area contributed by atoms with Crippen molar-refractivity contribution in [2.45, 2.75) is 40.8 Å². The Bertz CT molecular complexity index is 1380. The van der Waals surface area contributed by atoms with Crippen LogP contribution in [-0.2, 0) is 24.9 Å². The van der Waals surface area contributed by atoms with Gasteiger partial charge >= 0.3 is 0 Å². The van der Waals surface area contributed by atoms with Crippen molar-refractivity contribution in [3.63, 3.8) is 0 Å². The number of aryl methyl sites for hydroxylation is 3. The third-order valence-electron chi connectivity index (χ3n) is 6.11. The molecule has 4 aromatic rings. The van der Waals surface area contributed by atoms with Crippen molar-refractivity contribution in [1.29, 1.82) is 0 Å². The number of amides is 2. The number of nitrogens with zero attached hydrogens (tertiary/aromatic N) is 5. The van der Waals surface area contributed by atoms with Gasteiger partial charge in [0.2, 0.25) is 5.91 Å². The Morgan fingerprint density at radius 1 is 1.11 bits per heavy atom. The zero-order valence-electron chi connectivity index (χ0n) is 21.2. The molecule has 182 valence electrons. The van der Waals surface area contributed by atoms with E-state index in [1.807, 2.05) is 65.2 Å². The summed E-state index contributed by atoms with van der Waals surface area (Å²) in [4.78, 5) is 32.7.